The number of nitriles is 3. The van der Waals surface area contributed by atoms with Crippen molar-refractivity contribution in [3.8, 4) is 18.8 Å². The molecule has 0 unspecified atom stereocenters. The van der Waals surface area contributed by atoms with Gasteiger partial charge in [0.15, 0.2) is 0 Å². The topological polar surface area (TPSA) is 141 Å². The molecule has 10 heavy (non-hydrogen) atoms. The molecule has 0 saturated carbocycles. The molecule has 0 saturated heterocycles. The summed E-state index contributed by atoms with van der Waals surface area (Å²) in [7, 11) is 0. The van der Waals surface area contributed by atoms with Crippen molar-refractivity contribution in [2.24, 2.45) is 0 Å². The van der Waals surface area contributed by atoms with Crippen LogP contribution < -0.4 is 15.3 Å². The third-order valence-electron chi connectivity index (χ3n) is 0. The van der Waals surface area contributed by atoms with Gasteiger partial charge >= 0.3 is 49.4 Å². The Hall–Kier alpha value is -0.546. The first-order chi connectivity index (χ1) is 4.24. The molecule has 0 heterocycles. The van der Waals surface area contributed by atoms with E-state index >= 15 is 0 Å². The molecule has 0 N–H and O–H groups in total. The Bertz CT molecular complexity index is 112. The van der Waals surface area contributed by atoms with Gasteiger partial charge in [-0.1, -0.05) is 0 Å². The Morgan fingerprint density at radius 1 is 0.700 bits per heavy atom. The van der Waals surface area contributed by atoms with E-state index in [0.717, 1.165) is 0 Å². The summed E-state index contributed by atoms with van der Waals surface area (Å²) in [6.45, 7) is 0. The van der Waals surface area contributed by atoms with Gasteiger partial charge in [-0.25, -0.2) is 15.8 Å². The predicted molar refractivity (Wildman–Crippen MR) is 16.8 cm³/mol. The molecule has 0 rings (SSSR count). The number of rotatable bonds is 0. The van der Waals surface area contributed by atoms with E-state index in [1.165, 1.54) is 0 Å². The zero-order valence-electron chi connectivity index (χ0n) is 4.44. The third-order valence-corrected chi connectivity index (χ3v) is 0. The van der Waals surface area contributed by atoms with Crippen LogP contribution in [0.5, 0.6) is 0 Å². The van der Waals surface area contributed by atoms with E-state index in [0.29, 0.717) is 18.8 Å². The second-order valence-corrected chi connectivity index (χ2v) is 0.274. The molecule has 0 radical (unpaired) electrons. The minimum atomic E-state index is 0. The average Bonchev–Trinajstić information content (AvgIpc) is 1.70. The van der Waals surface area contributed by atoms with Crippen LogP contribution in [-0.4, -0.2) is 0 Å². The van der Waals surface area contributed by atoms with Crippen LogP contribution in [0.15, 0.2) is 0 Å². The molecule has 6 nitrogen and oxygen atoms in total. The zero-order chi connectivity index (χ0) is 8.12. The van der Waals surface area contributed by atoms with E-state index in [4.69, 9.17) is 31.1 Å². The van der Waals surface area contributed by atoms with Crippen molar-refractivity contribution in [2.75, 3.05) is 0 Å². The van der Waals surface area contributed by atoms with Crippen molar-refractivity contribution < 1.29 is 64.7 Å². The van der Waals surface area contributed by atoms with Gasteiger partial charge in [0.2, 0.25) is 0 Å². The number of nitrogens with zero attached hydrogens (tertiary/aromatic N) is 3. The SMILES string of the molecule is N#C[O-].N#C[O-].N#C[O-].[Eu+3]. The smallest absolute Gasteiger partial charge is 0.812 e. The number of hydrogen-bond donors (Lipinski definition) is 0. The van der Waals surface area contributed by atoms with Gasteiger partial charge in [0.25, 0.3) is 0 Å². The molecule has 0 aliphatic rings. The fourth-order valence-corrected chi connectivity index (χ4v) is 0. The van der Waals surface area contributed by atoms with Crippen LogP contribution in [-0.2, 0) is 0 Å². The van der Waals surface area contributed by atoms with Gasteiger partial charge < -0.3 is 15.3 Å². The second kappa shape index (κ2) is 78.0. The van der Waals surface area contributed by atoms with Crippen LogP contribution in [0.3, 0.4) is 0 Å². The Balaban J connectivity index is -0.0000000257. The van der Waals surface area contributed by atoms with E-state index in [1.807, 2.05) is 0 Å². The summed E-state index contributed by atoms with van der Waals surface area (Å²) in [5.74, 6) is 0. The molecular weight excluding hydrogens is 278 g/mol. The molecule has 0 aromatic rings. The normalized spacial score (nSPS) is 2.10. The van der Waals surface area contributed by atoms with E-state index in [-0.39, 0.29) is 49.4 Å². The second-order valence-electron chi connectivity index (χ2n) is 0.274. The van der Waals surface area contributed by atoms with Crippen LogP contribution in [0.2, 0.25) is 0 Å². The maximum atomic E-state index is 8.24. The molecule has 7 heteroatoms. The Labute approximate surface area is 98.1 Å². The summed E-state index contributed by atoms with van der Waals surface area (Å²) in [5.41, 5.74) is 0. The molecule has 0 aromatic carbocycles. The van der Waals surface area contributed by atoms with Gasteiger partial charge in [-0.05, 0) is 0 Å². The van der Waals surface area contributed by atoms with Crippen molar-refractivity contribution in [3.05, 3.63) is 0 Å². The summed E-state index contributed by atoms with van der Waals surface area (Å²) >= 11 is 0. The number of hydrogen-bond acceptors (Lipinski definition) is 6. The monoisotopic (exact) mass is 279 g/mol. The Morgan fingerprint density at radius 2 is 0.700 bits per heavy atom. The summed E-state index contributed by atoms with van der Waals surface area (Å²) < 4.78 is 0. The van der Waals surface area contributed by atoms with E-state index in [2.05, 4.69) is 0 Å². The van der Waals surface area contributed by atoms with Crippen molar-refractivity contribution in [1.29, 1.82) is 15.8 Å². The van der Waals surface area contributed by atoms with E-state index < -0.39 is 0 Å². The van der Waals surface area contributed by atoms with Gasteiger partial charge in [-0.3, -0.25) is 0 Å². The molecule has 0 aliphatic carbocycles. The summed E-state index contributed by atoms with van der Waals surface area (Å²) in [6, 6.07) is 0. The summed E-state index contributed by atoms with van der Waals surface area (Å²) in [6.07, 6.45) is 1.50. The zero-order valence-corrected chi connectivity index (χ0v) is 6.87. The van der Waals surface area contributed by atoms with Crippen LogP contribution in [0.4, 0.5) is 0 Å². The first-order valence-corrected chi connectivity index (χ1v) is 1.28. The van der Waals surface area contributed by atoms with Crippen molar-refractivity contribution >= 4 is 0 Å². The first-order valence-electron chi connectivity index (χ1n) is 1.28. The average molecular weight is 278 g/mol. The van der Waals surface area contributed by atoms with E-state index in [1.54, 1.807) is 0 Å². The van der Waals surface area contributed by atoms with Gasteiger partial charge in [0.05, 0.1) is 0 Å². The maximum Gasteiger partial charge on any atom is 3.00 e. The summed E-state index contributed by atoms with van der Waals surface area (Å²) in [5, 5.41) is 45.0. The fraction of sp³-hybridized carbons (Fsp3) is 0. The van der Waals surface area contributed by atoms with E-state index in [9.17, 15) is 0 Å². The minimum Gasteiger partial charge on any atom is -0.812 e. The van der Waals surface area contributed by atoms with Gasteiger partial charge in [0.1, 0.15) is 0 Å². The molecule has 0 fully saturated rings. The molecule has 0 aliphatic heterocycles. The first kappa shape index (κ1) is 22.7. The van der Waals surface area contributed by atoms with Gasteiger partial charge in [0, 0.05) is 18.8 Å². The maximum absolute atomic E-state index is 8.24. The van der Waals surface area contributed by atoms with Gasteiger partial charge in [-0.2, -0.15) is 0 Å². The quantitative estimate of drug-likeness (QED) is 0.420. The van der Waals surface area contributed by atoms with Crippen molar-refractivity contribution in [3.63, 3.8) is 0 Å². The predicted octanol–water partition coefficient (Wildman–Crippen LogP) is -3.52. The van der Waals surface area contributed by atoms with Crippen LogP contribution in [0.1, 0.15) is 0 Å². The molecule has 0 bridgehead atoms. The molecule has 0 aromatic heterocycles. The molecule has 0 spiro atoms. The molecule has 0 atom stereocenters. The Kier molecular flexibility index (Phi) is 177. The standard InChI is InChI=1S/3CHNO.Eu/c3*2-1-3;/h3*3H;/q;;;+3/p-3. The summed E-state index contributed by atoms with van der Waals surface area (Å²) in [4.78, 5) is 0. The molecule has 52 valence electrons. The van der Waals surface area contributed by atoms with Gasteiger partial charge in [-0.15, -0.1) is 0 Å². The van der Waals surface area contributed by atoms with Crippen molar-refractivity contribution in [2.45, 2.75) is 0 Å². The van der Waals surface area contributed by atoms with Crippen LogP contribution in [0, 0.1) is 83.9 Å². The fourth-order valence-electron chi connectivity index (χ4n) is 0. The minimum absolute atomic E-state index is 0. The van der Waals surface area contributed by atoms with Crippen molar-refractivity contribution in [1.82, 2.24) is 0 Å². The molecular formula is C3EuN3O3. The van der Waals surface area contributed by atoms with Crippen LogP contribution >= 0.6 is 0 Å². The Morgan fingerprint density at radius 3 is 0.700 bits per heavy atom. The van der Waals surface area contributed by atoms with Crippen LogP contribution in [0.25, 0.3) is 0 Å². The molecule has 0 amide bonds. The third kappa shape index (κ3) is 1040. The largest absolute Gasteiger partial charge is 3.00 e.